The van der Waals surface area contributed by atoms with Crippen molar-refractivity contribution in [2.75, 3.05) is 13.1 Å². The topological polar surface area (TPSA) is 60.8 Å². The molecule has 5 heteroatoms. The van der Waals surface area contributed by atoms with Crippen molar-refractivity contribution in [2.45, 2.75) is 25.4 Å². The van der Waals surface area contributed by atoms with Crippen LogP contribution in [0.25, 0.3) is 0 Å². The van der Waals surface area contributed by atoms with Crippen LogP contribution in [0.15, 0.2) is 18.2 Å². The molecule has 0 saturated carbocycles. The first-order valence-electron chi connectivity index (χ1n) is 5.95. The van der Waals surface area contributed by atoms with Crippen LogP contribution in [-0.4, -0.2) is 39.7 Å². The number of benzene rings is 1. The molecular formula is C13H16ClNO3. The van der Waals surface area contributed by atoms with E-state index >= 15 is 0 Å². The Kier molecular flexibility index (Phi) is 3.50. The fourth-order valence-corrected chi connectivity index (χ4v) is 2.43. The molecule has 2 rings (SSSR count). The standard InChI is InChI=1S/C13H16ClNO3/c1-2-5-13(18)7-15(8-13)12(17)9-3-4-11(16)10(14)6-9/h3-4,6,16,18H,2,5,7-8H2,1H3. The first-order chi connectivity index (χ1) is 8.45. The van der Waals surface area contributed by atoms with Crippen LogP contribution in [0.3, 0.4) is 0 Å². The number of carbonyl (C=O) groups is 1. The maximum absolute atomic E-state index is 12.1. The van der Waals surface area contributed by atoms with Crippen molar-refractivity contribution < 1.29 is 15.0 Å². The fraction of sp³-hybridized carbons (Fsp3) is 0.462. The second kappa shape index (κ2) is 4.78. The number of nitrogens with zero attached hydrogens (tertiary/aromatic N) is 1. The summed E-state index contributed by atoms with van der Waals surface area (Å²) in [5.74, 6) is -0.211. The van der Waals surface area contributed by atoms with Crippen molar-refractivity contribution in [3.63, 3.8) is 0 Å². The lowest BCUT2D eigenvalue weighted by Crippen LogP contribution is -2.63. The third-order valence-electron chi connectivity index (χ3n) is 3.17. The summed E-state index contributed by atoms with van der Waals surface area (Å²) in [4.78, 5) is 13.6. The van der Waals surface area contributed by atoms with Crippen molar-refractivity contribution >= 4 is 17.5 Å². The van der Waals surface area contributed by atoms with Gasteiger partial charge in [0.15, 0.2) is 0 Å². The summed E-state index contributed by atoms with van der Waals surface area (Å²) in [6.07, 6.45) is 1.59. The second-order valence-corrected chi connectivity index (χ2v) is 5.21. The molecule has 1 aliphatic rings. The highest BCUT2D eigenvalue weighted by Crippen LogP contribution is 2.29. The van der Waals surface area contributed by atoms with Gasteiger partial charge in [-0.15, -0.1) is 0 Å². The molecule has 1 aliphatic heterocycles. The number of likely N-dealkylation sites (tertiary alicyclic amines) is 1. The van der Waals surface area contributed by atoms with Gasteiger partial charge in [0.05, 0.1) is 23.7 Å². The number of β-amino-alcohol motifs (C(OH)–C–C–N with tert-alkyl or cyclic N) is 1. The Hall–Kier alpha value is -1.26. The van der Waals surface area contributed by atoms with Gasteiger partial charge < -0.3 is 15.1 Å². The number of amides is 1. The second-order valence-electron chi connectivity index (χ2n) is 4.80. The van der Waals surface area contributed by atoms with Crippen LogP contribution < -0.4 is 0 Å². The molecule has 2 N–H and O–H groups in total. The van der Waals surface area contributed by atoms with Gasteiger partial charge in [0.25, 0.3) is 5.91 Å². The zero-order chi connectivity index (χ0) is 13.3. The largest absolute Gasteiger partial charge is 0.506 e. The maximum Gasteiger partial charge on any atom is 0.254 e. The van der Waals surface area contributed by atoms with Crippen molar-refractivity contribution in [3.05, 3.63) is 28.8 Å². The summed E-state index contributed by atoms with van der Waals surface area (Å²) < 4.78 is 0. The molecule has 1 fully saturated rings. The van der Waals surface area contributed by atoms with Crippen LogP contribution in [0.1, 0.15) is 30.1 Å². The molecule has 1 aromatic carbocycles. The highest BCUT2D eigenvalue weighted by Gasteiger charge is 2.42. The fourth-order valence-electron chi connectivity index (χ4n) is 2.25. The van der Waals surface area contributed by atoms with Crippen molar-refractivity contribution in [2.24, 2.45) is 0 Å². The Morgan fingerprint density at radius 1 is 1.50 bits per heavy atom. The van der Waals surface area contributed by atoms with Gasteiger partial charge in [0.1, 0.15) is 5.75 Å². The van der Waals surface area contributed by atoms with Crippen molar-refractivity contribution in [1.29, 1.82) is 0 Å². The predicted octanol–water partition coefficient (Wildman–Crippen LogP) is 2.03. The van der Waals surface area contributed by atoms with Gasteiger partial charge in [-0.1, -0.05) is 24.9 Å². The lowest BCUT2D eigenvalue weighted by Gasteiger charge is -2.46. The zero-order valence-electron chi connectivity index (χ0n) is 10.2. The molecule has 1 saturated heterocycles. The van der Waals surface area contributed by atoms with Gasteiger partial charge in [-0.2, -0.15) is 0 Å². The lowest BCUT2D eigenvalue weighted by atomic mass is 9.89. The summed E-state index contributed by atoms with van der Waals surface area (Å²) in [7, 11) is 0. The number of aromatic hydroxyl groups is 1. The van der Waals surface area contributed by atoms with E-state index < -0.39 is 5.60 Å². The molecule has 0 unspecified atom stereocenters. The van der Waals surface area contributed by atoms with E-state index in [0.717, 1.165) is 6.42 Å². The third-order valence-corrected chi connectivity index (χ3v) is 3.47. The summed E-state index contributed by atoms with van der Waals surface area (Å²) in [5.41, 5.74) is -0.304. The van der Waals surface area contributed by atoms with Gasteiger partial charge in [-0.3, -0.25) is 4.79 Å². The molecule has 1 heterocycles. The SMILES string of the molecule is CCCC1(O)CN(C(=O)c2ccc(O)c(Cl)c2)C1. The minimum Gasteiger partial charge on any atom is -0.506 e. The highest BCUT2D eigenvalue weighted by atomic mass is 35.5. The molecule has 18 heavy (non-hydrogen) atoms. The Morgan fingerprint density at radius 3 is 2.72 bits per heavy atom. The van der Waals surface area contributed by atoms with Crippen LogP contribution in [0.4, 0.5) is 0 Å². The first-order valence-corrected chi connectivity index (χ1v) is 6.33. The van der Waals surface area contributed by atoms with Gasteiger partial charge in [0, 0.05) is 5.56 Å². The molecule has 0 atom stereocenters. The average molecular weight is 270 g/mol. The number of carbonyl (C=O) groups excluding carboxylic acids is 1. The Bertz CT molecular complexity index is 469. The molecule has 0 aromatic heterocycles. The van der Waals surface area contributed by atoms with Crippen molar-refractivity contribution in [1.82, 2.24) is 4.90 Å². The molecule has 0 radical (unpaired) electrons. The average Bonchev–Trinajstić information content (AvgIpc) is 2.29. The van der Waals surface area contributed by atoms with Crippen LogP contribution in [0.2, 0.25) is 5.02 Å². The van der Waals surface area contributed by atoms with Gasteiger partial charge in [-0.25, -0.2) is 0 Å². The van der Waals surface area contributed by atoms with Crippen LogP contribution in [-0.2, 0) is 0 Å². The molecule has 0 aliphatic carbocycles. The number of hydrogen-bond donors (Lipinski definition) is 2. The van der Waals surface area contributed by atoms with E-state index in [-0.39, 0.29) is 16.7 Å². The Labute approximate surface area is 111 Å². The number of rotatable bonds is 3. The van der Waals surface area contributed by atoms with E-state index in [9.17, 15) is 15.0 Å². The monoisotopic (exact) mass is 269 g/mol. The van der Waals surface area contributed by atoms with E-state index in [1.807, 2.05) is 6.92 Å². The molecule has 98 valence electrons. The minimum atomic E-state index is -0.731. The van der Waals surface area contributed by atoms with Gasteiger partial charge in [-0.05, 0) is 24.6 Å². The molecule has 0 bridgehead atoms. The Morgan fingerprint density at radius 2 is 2.17 bits per heavy atom. The zero-order valence-corrected chi connectivity index (χ0v) is 10.9. The normalized spacial score (nSPS) is 17.4. The van der Waals surface area contributed by atoms with E-state index in [1.165, 1.54) is 18.2 Å². The third kappa shape index (κ3) is 2.44. The van der Waals surface area contributed by atoms with E-state index in [4.69, 9.17) is 11.6 Å². The molecule has 1 amide bonds. The number of halogens is 1. The quantitative estimate of drug-likeness (QED) is 0.883. The first kappa shape index (κ1) is 13.2. The maximum atomic E-state index is 12.1. The molecular weight excluding hydrogens is 254 g/mol. The summed E-state index contributed by atoms with van der Waals surface area (Å²) in [6.45, 7) is 2.72. The molecule has 0 spiro atoms. The van der Waals surface area contributed by atoms with Crippen molar-refractivity contribution in [3.8, 4) is 5.75 Å². The van der Waals surface area contributed by atoms with Gasteiger partial charge in [0.2, 0.25) is 0 Å². The molecule has 4 nitrogen and oxygen atoms in total. The molecule has 1 aromatic rings. The number of hydrogen-bond acceptors (Lipinski definition) is 3. The summed E-state index contributed by atoms with van der Waals surface area (Å²) >= 11 is 5.76. The Balaban J connectivity index is 2.03. The van der Waals surface area contributed by atoms with Gasteiger partial charge >= 0.3 is 0 Å². The van der Waals surface area contributed by atoms with E-state index in [1.54, 1.807) is 4.90 Å². The van der Waals surface area contributed by atoms with Crippen LogP contribution >= 0.6 is 11.6 Å². The minimum absolute atomic E-state index is 0.0423. The highest BCUT2D eigenvalue weighted by molar-refractivity contribution is 6.32. The summed E-state index contributed by atoms with van der Waals surface area (Å²) in [6, 6.07) is 4.37. The summed E-state index contributed by atoms with van der Waals surface area (Å²) in [5, 5.41) is 19.5. The number of aliphatic hydroxyl groups is 1. The smallest absolute Gasteiger partial charge is 0.254 e. The van der Waals surface area contributed by atoms with Crippen LogP contribution in [0.5, 0.6) is 5.75 Å². The number of phenols is 1. The predicted molar refractivity (Wildman–Crippen MR) is 68.9 cm³/mol. The van der Waals surface area contributed by atoms with Crippen LogP contribution in [0, 0.1) is 0 Å². The lowest BCUT2D eigenvalue weighted by molar-refractivity contribution is -0.0860. The number of phenolic OH excluding ortho intramolecular Hbond substituents is 1. The van der Waals surface area contributed by atoms with E-state index in [0.29, 0.717) is 25.1 Å². The van der Waals surface area contributed by atoms with E-state index in [2.05, 4.69) is 0 Å².